The SMILES string of the molecule is COc1ccc(CN2CCOCC2CC(=O)c2ccccc2)cn1. The number of hydrogen-bond acceptors (Lipinski definition) is 5. The van der Waals surface area contributed by atoms with Gasteiger partial charge in [-0.25, -0.2) is 4.98 Å². The van der Waals surface area contributed by atoms with Crippen LogP contribution in [0.4, 0.5) is 0 Å². The van der Waals surface area contributed by atoms with Crippen LogP contribution in [-0.2, 0) is 11.3 Å². The summed E-state index contributed by atoms with van der Waals surface area (Å²) in [6.07, 6.45) is 2.29. The Hall–Kier alpha value is -2.24. The lowest BCUT2D eigenvalue weighted by Gasteiger charge is -2.35. The minimum absolute atomic E-state index is 0.0913. The second-order valence-electron chi connectivity index (χ2n) is 5.90. The molecule has 1 aliphatic heterocycles. The van der Waals surface area contributed by atoms with Crippen LogP contribution in [0.3, 0.4) is 0 Å². The standard InChI is InChI=1S/C19H22N2O3/c1-23-19-8-7-15(12-20-19)13-21-9-10-24-14-17(21)11-18(22)16-5-3-2-4-6-16/h2-8,12,17H,9-11,13-14H2,1H3. The molecule has 2 aromatic rings. The van der Waals surface area contributed by atoms with E-state index >= 15 is 0 Å². The van der Waals surface area contributed by atoms with Crippen molar-refractivity contribution in [3.8, 4) is 5.88 Å². The molecule has 2 heterocycles. The van der Waals surface area contributed by atoms with E-state index in [-0.39, 0.29) is 11.8 Å². The van der Waals surface area contributed by atoms with Gasteiger partial charge in [0.25, 0.3) is 0 Å². The van der Waals surface area contributed by atoms with E-state index in [2.05, 4.69) is 9.88 Å². The van der Waals surface area contributed by atoms with Gasteiger partial charge in [-0.15, -0.1) is 0 Å². The minimum atomic E-state index is 0.0913. The highest BCUT2D eigenvalue weighted by Gasteiger charge is 2.25. The van der Waals surface area contributed by atoms with Crippen LogP contribution in [0, 0.1) is 0 Å². The maximum Gasteiger partial charge on any atom is 0.212 e. The molecule has 1 saturated heterocycles. The fourth-order valence-electron chi connectivity index (χ4n) is 2.90. The monoisotopic (exact) mass is 326 g/mol. The van der Waals surface area contributed by atoms with Crippen molar-refractivity contribution < 1.29 is 14.3 Å². The third kappa shape index (κ3) is 4.19. The Morgan fingerprint density at radius 3 is 2.83 bits per heavy atom. The Morgan fingerprint density at radius 2 is 2.12 bits per heavy atom. The molecule has 0 bridgehead atoms. The van der Waals surface area contributed by atoms with E-state index in [0.717, 1.165) is 24.2 Å². The number of ether oxygens (including phenoxy) is 2. The fourth-order valence-corrected chi connectivity index (χ4v) is 2.90. The zero-order valence-corrected chi connectivity index (χ0v) is 13.9. The van der Waals surface area contributed by atoms with Crippen LogP contribution in [0.5, 0.6) is 5.88 Å². The van der Waals surface area contributed by atoms with Gasteiger partial charge >= 0.3 is 0 Å². The van der Waals surface area contributed by atoms with Gasteiger partial charge in [-0.2, -0.15) is 0 Å². The molecule has 1 aromatic heterocycles. The largest absolute Gasteiger partial charge is 0.481 e. The summed E-state index contributed by atoms with van der Waals surface area (Å²) in [6.45, 7) is 2.85. The normalized spacial score (nSPS) is 18.3. The second kappa shape index (κ2) is 8.04. The molecule has 126 valence electrons. The van der Waals surface area contributed by atoms with Crippen LogP contribution in [0.2, 0.25) is 0 Å². The average Bonchev–Trinajstić information content (AvgIpc) is 2.64. The second-order valence-corrected chi connectivity index (χ2v) is 5.90. The van der Waals surface area contributed by atoms with Crippen LogP contribution in [0.15, 0.2) is 48.7 Å². The molecule has 0 N–H and O–H groups in total. The lowest BCUT2D eigenvalue weighted by molar-refractivity contribution is -0.0126. The number of carbonyl (C=O) groups excluding carboxylic acids is 1. The highest BCUT2D eigenvalue weighted by atomic mass is 16.5. The molecule has 0 spiro atoms. The molecular weight excluding hydrogens is 304 g/mol. The van der Waals surface area contributed by atoms with Crippen LogP contribution >= 0.6 is 0 Å². The Morgan fingerprint density at radius 1 is 1.29 bits per heavy atom. The molecule has 1 fully saturated rings. The van der Waals surface area contributed by atoms with Crippen molar-refractivity contribution in [2.75, 3.05) is 26.9 Å². The Labute approximate surface area is 142 Å². The molecule has 1 aromatic carbocycles. The predicted octanol–water partition coefficient (Wildman–Crippen LogP) is 2.56. The summed E-state index contributed by atoms with van der Waals surface area (Å²) < 4.78 is 10.7. The molecule has 0 aliphatic carbocycles. The summed E-state index contributed by atoms with van der Waals surface area (Å²) in [5.74, 6) is 0.764. The number of benzene rings is 1. The van der Waals surface area contributed by atoms with Gasteiger partial charge in [-0.1, -0.05) is 36.4 Å². The van der Waals surface area contributed by atoms with Gasteiger partial charge in [0.15, 0.2) is 5.78 Å². The molecule has 3 rings (SSSR count). The predicted molar refractivity (Wildman–Crippen MR) is 91.2 cm³/mol. The smallest absolute Gasteiger partial charge is 0.212 e. The van der Waals surface area contributed by atoms with Gasteiger partial charge in [0.05, 0.1) is 20.3 Å². The molecule has 1 unspecified atom stereocenters. The van der Waals surface area contributed by atoms with Crippen molar-refractivity contribution in [2.24, 2.45) is 0 Å². The van der Waals surface area contributed by atoms with Gasteiger partial charge in [-0.3, -0.25) is 9.69 Å². The number of rotatable bonds is 6. The molecule has 0 radical (unpaired) electrons. The van der Waals surface area contributed by atoms with E-state index in [4.69, 9.17) is 9.47 Å². The lowest BCUT2D eigenvalue weighted by atomic mass is 10.0. The first-order valence-electron chi connectivity index (χ1n) is 8.15. The van der Waals surface area contributed by atoms with Crippen molar-refractivity contribution >= 4 is 5.78 Å². The minimum Gasteiger partial charge on any atom is -0.481 e. The van der Waals surface area contributed by atoms with Crippen LogP contribution in [0.1, 0.15) is 22.3 Å². The fraction of sp³-hybridized carbons (Fsp3) is 0.368. The number of pyridine rings is 1. The van der Waals surface area contributed by atoms with E-state index in [1.165, 1.54) is 0 Å². The van der Waals surface area contributed by atoms with Gasteiger partial charge in [0, 0.05) is 43.4 Å². The Balaban J connectivity index is 1.65. The first-order valence-corrected chi connectivity index (χ1v) is 8.15. The maximum atomic E-state index is 12.5. The number of Topliss-reactive ketones (excluding diaryl/α,β-unsaturated/α-hetero) is 1. The third-order valence-electron chi connectivity index (χ3n) is 4.26. The van der Waals surface area contributed by atoms with Crippen molar-refractivity contribution in [2.45, 2.75) is 19.0 Å². The Kier molecular flexibility index (Phi) is 5.56. The number of morpholine rings is 1. The number of methoxy groups -OCH3 is 1. The molecule has 1 aliphatic rings. The number of aromatic nitrogens is 1. The number of carbonyl (C=O) groups is 1. The van der Waals surface area contributed by atoms with Crippen molar-refractivity contribution in [3.63, 3.8) is 0 Å². The van der Waals surface area contributed by atoms with Gasteiger partial charge in [-0.05, 0) is 5.56 Å². The quantitative estimate of drug-likeness (QED) is 0.764. The zero-order chi connectivity index (χ0) is 16.8. The molecule has 24 heavy (non-hydrogen) atoms. The van der Waals surface area contributed by atoms with Crippen LogP contribution in [-0.4, -0.2) is 48.6 Å². The van der Waals surface area contributed by atoms with Gasteiger partial charge in [0.1, 0.15) is 0 Å². The summed E-state index contributed by atoms with van der Waals surface area (Å²) in [6, 6.07) is 13.4. The van der Waals surface area contributed by atoms with Crippen LogP contribution in [0.25, 0.3) is 0 Å². The molecule has 0 saturated carbocycles. The summed E-state index contributed by atoms with van der Waals surface area (Å²) in [5, 5.41) is 0. The molecule has 1 atom stereocenters. The highest BCUT2D eigenvalue weighted by molar-refractivity contribution is 5.96. The van der Waals surface area contributed by atoms with Crippen molar-refractivity contribution in [1.82, 2.24) is 9.88 Å². The number of nitrogens with zero attached hydrogens (tertiary/aromatic N) is 2. The third-order valence-corrected chi connectivity index (χ3v) is 4.26. The van der Waals surface area contributed by atoms with Crippen molar-refractivity contribution in [1.29, 1.82) is 0 Å². The molecule has 0 amide bonds. The Bertz CT molecular complexity index is 658. The van der Waals surface area contributed by atoms with E-state index in [0.29, 0.717) is 25.5 Å². The first-order chi connectivity index (χ1) is 11.8. The lowest BCUT2D eigenvalue weighted by Crippen LogP contribution is -2.45. The van der Waals surface area contributed by atoms with Gasteiger partial charge in [0.2, 0.25) is 5.88 Å². The average molecular weight is 326 g/mol. The summed E-state index contributed by atoms with van der Waals surface area (Å²) >= 11 is 0. The summed E-state index contributed by atoms with van der Waals surface area (Å²) in [4.78, 5) is 19.0. The van der Waals surface area contributed by atoms with Gasteiger partial charge < -0.3 is 9.47 Å². The van der Waals surface area contributed by atoms with E-state index in [1.807, 2.05) is 48.7 Å². The molecule has 5 nitrogen and oxygen atoms in total. The molecule has 5 heteroatoms. The van der Waals surface area contributed by atoms with E-state index in [9.17, 15) is 4.79 Å². The van der Waals surface area contributed by atoms with Crippen LogP contribution < -0.4 is 4.74 Å². The highest BCUT2D eigenvalue weighted by Crippen LogP contribution is 2.18. The summed E-state index contributed by atoms with van der Waals surface area (Å²) in [5.41, 5.74) is 1.86. The molecular formula is C19H22N2O3. The topological polar surface area (TPSA) is 51.7 Å². The summed E-state index contributed by atoms with van der Waals surface area (Å²) in [7, 11) is 1.61. The van der Waals surface area contributed by atoms with Crippen molar-refractivity contribution in [3.05, 3.63) is 59.8 Å². The van der Waals surface area contributed by atoms with E-state index in [1.54, 1.807) is 7.11 Å². The maximum absolute atomic E-state index is 12.5. The van der Waals surface area contributed by atoms with E-state index < -0.39 is 0 Å². The zero-order valence-electron chi connectivity index (χ0n) is 13.9. The number of hydrogen-bond donors (Lipinski definition) is 0. The number of ketones is 1. The first kappa shape index (κ1) is 16.6.